The van der Waals surface area contributed by atoms with Crippen LogP contribution in [0.1, 0.15) is 13.8 Å². The maximum Gasteiger partial charge on any atom is 0.296 e. The molecule has 0 fully saturated rings. The summed E-state index contributed by atoms with van der Waals surface area (Å²) in [6, 6.07) is 7.90. The van der Waals surface area contributed by atoms with Crippen molar-refractivity contribution in [3.63, 3.8) is 0 Å². The number of benzene rings is 1. The summed E-state index contributed by atoms with van der Waals surface area (Å²) >= 11 is 0.907. The van der Waals surface area contributed by atoms with Crippen molar-refractivity contribution in [1.82, 2.24) is 5.32 Å². The number of nitro benzene ring substituents is 1. The summed E-state index contributed by atoms with van der Waals surface area (Å²) < 4.78 is 4.94. The Balaban J connectivity index is 2.18. The standard InChI is InChI=1S/C18H17N5O5S/c1-18(2)11(7-19)16(25)22-17(12(18)8-20)29-9-15(24)21-13-5-4-10(28-3)6-14(13)23(26)27/h4-6,11H,9H2,1-3H3,(H,21,24)(H,22,25). The highest BCUT2D eigenvalue weighted by molar-refractivity contribution is 8.03. The molecule has 2 amide bonds. The number of rotatable bonds is 6. The highest BCUT2D eigenvalue weighted by Gasteiger charge is 2.44. The summed E-state index contributed by atoms with van der Waals surface area (Å²) in [6.45, 7) is 3.22. The second-order valence-electron chi connectivity index (χ2n) is 6.57. The van der Waals surface area contributed by atoms with Crippen molar-refractivity contribution in [2.24, 2.45) is 11.3 Å². The Labute approximate surface area is 170 Å². The van der Waals surface area contributed by atoms with E-state index in [0.717, 1.165) is 11.8 Å². The van der Waals surface area contributed by atoms with Gasteiger partial charge in [-0.25, -0.2) is 0 Å². The van der Waals surface area contributed by atoms with E-state index in [1.165, 1.54) is 25.3 Å². The molecule has 29 heavy (non-hydrogen) atoms. The van der Waals surface area contributed by atoms with E-state index in [1.54, 1.807) is 13.8 Å². The summed E-state index contributed by atoms with van der Waals surface area (Å²) in [5, 5.41) is 35.0. The molecule has 0 saturated heterocycles. The molecular weight excluding hydrogens is 398 g/mol. The fourth-order valence-corrected chi connectivity index (χ4v) is 3.73. The van der Waals surface area contributed by atoms with Crippen LogP contribution in [0.25, 0.3) is 0 Å². The SMILES string of the molecule is COc1ccc(NC(=O)CSC2=C(C#N)C(C)(C)C(C#N)C(=O)N2)c([N+](=O)[O-])c1. The molecule has 2 N–H and O–H groups in total. The topological polar surface area (TPSA) is 158 Å². The third kappa shape index (κ3) is 4.47. The summed E-state index contributed by atoms with van der Waals surface area (Å²) in [6.07, 6.45) is 0. The molecule has 1 aliphatic heterocycles. The minimum atomic E-state index is -1.03. The minimum absolute atomic E-state index is 0.00607. The molecule has 1 aromatic rings. The lowest BCUT2D eigenvalue weighted by molar-refractivity contribution is -0.384. The van der Waals surface area contributed by atoms with Crippen molar-refractivity contribution in [2.45, 2.75) is 13.8 Å². The number of methoxy groups -OCH3 is 1. The van der Waals surface area contributed by atoms with E-state index in [-0.39, 0.29) is 33.5 Å². The first-order chi connectivity index (χ1) is 13.6. The molecule has 1 atom stereocenters. The monoisotopic (exact) mass is 415 g/mol. The lowest BCUT2D eigenvalue weighted by Crippen LogP contribution is -2.44. The van der Waals surface area contributed by atoms with Crippen LogP contribution in [0.3, 0.4) is 0 Å². The highest BCUT2D eigenvalue weighted by atomic mass is 32.2. The van der Waals surface area contributed by atoms with E-state index < -0.39 is 28.1 Å². The number of carbonyl (C=O) groups excluding carboxylic acids is 2. The number of hydrogen-bond acceptors (Lipinski definition) is 8. The molecule has 0 radical (unpaired) electrons. The fraction of sp³-hybridized carbons (Fsp3) is 0.333. The Bertz CT molecular complexity index is 989. The number of nitrogens with zero attached hydrogens (tertiary/aromatic N) is 3. The first-order valence-electron chi connectivity index (χ1n) is 8.26. The Hall–Kier alpha value is -3.57. The van der Waals surface area contributed by atoms with Crippen LogP contribution in [0.15, 0.2) is 28.8 Å². The van der Waals surface area contributed by atoms with Gasteiger partial charge in [-0.3, -0.25) is 19.7 Å². The van der Waals surface area contributed by atoms with Gasteiger partial charge in [0.05, 0.1) is 46.6 Å². The molecule has 0 spiro atoms. The minimum Gasteiger partial charge on any atom is -0.496 e. The largest absolute Gasteiger partial charge is 0.496 e. The molecule has 2 rings (SSSR count). The number of anilines is 1. The summed E-state index contributed by atoms with van der Waals surface area (Å²) in [4.78, 5) is 35.0. The van der Waals surface area contributed by atoms with Gasteiger partial charge >= 0.3 is 0 Å². The van der Waals surface area contributed by atoms with E-state index in [0.29, 0.717) is 0 Å². The molecular formula is C18H17N5O5S. The Morgan fingerprint density at radius 3 is 2.69 bits per heavy atom. The van der Waals surface area contributed by atoms with Crippen molar-refractivity contribution >= 4 is 35.0 Å². The molecule has 1 unspecified atom stereocenters. The predicted octanol–water partition coefficient (Wildman–Crippen LogP) is 2.31. The van der Waals surface area contributed by atoms with Crippen LogP contribution in [0.2, 0.25) is 0 Å². The lowest BCUT2D eigenvalue weighted by Gasteiger charge is -2.34. The van der Waals surface area contributed by atoms with Crippen molar-refractivity contribution in [3.05, 3.63) is 38.9 Å². The van der Waals surface area contributed by atoms with E-state index >= 15 is 0 Å². The second kappa shape index (κ2) is 8.63. The van der Waals surface area contributed by atoms with Crippen LogP contribution in [0.4, 0.5) is 11.4 Å². The zero-order valence-electron chi connectivity index (χ0n) is 15.8. The molecule has 1 aromatic carbocycles. The third-order valence-electron chi connectivity index (χ3n) is 4.36. The molecule has 150 valence electrons. The number of nitrogens with one attached hydrogen (secondary N) is 2. The first kappa shape index (κ1) is 21.7. The van der Waals surface area contributed by atoms with Crippen LogP contribution in [-0.2, 0) is 9.59 Å². The van der Waals surface area contributed by atoms with Crippen molar-refractivity contribution in [2.75, 3.05) is 18.2 Å². The first-order valence-corrected chi connectivity index (χ1v) is 9.24. The molecule has 0 aliphatic carbocycles. The van der Waals surface area contributed by atoms with E-state index in [1.807, 2.05) is 12.1 Å². The normalized spacial score (nSPS) is 17.6. The van der Waals surface area contributed by atoms with Gasteiger partial charge in [-0.05, 0) is 12.1 Å². The number of nitriles is 2. The molecule has 0 aromatic heterocycles. The molecule has 11 heteroatoms. The third-order valence-corrected chi connectivity index (χ3v) is 5.36. The highest BCUT2D eigenvalue weighted by Crippen LogP contribution is 2.41. The molecule has 10 nitrogen and oxygen atoms in total. The average Bonchev–Trinajstić information content (AvgIpc) is 2.66. The van der Waals surface area contributed by atoms with Gasteiger partial charge in [0, 0.05) is 5.41 Å². The fourth-order valence-electron chi connectivity index (χ4n) is 2.75. The van der Waals surface area contributed by atoms with Gasteiger partial charge in [0.25, 0.3) is 5.69 Å². The van der Waals surface area contributed by atoms with Crippen molar-refractivity contribution < 1.29 is 19.2 Å². The quantitative estimate of drug-likeness (QED) is 0.529. The van der Waals surface area contributed by atoms with Crippen molar-refractivity contribution in [1.29, 1.82) is 10.5 Å². The Morgan fingerprint density at radius 2 is 2.14 bits per heavy atom. The Kier molecular flexibility index (Phi) is 6.46. The van der Waals surface area contributed by atoms with Crippen LogP contribution in [0.5, 0.6) is 5.75 Å². The summed E-state index contributed by atoms with van der Waals surface area (Å²) in [5.74, 6) is -2.09. The zero-order chi connectivity index (χ0) is 21.8. The van der Waals surface area contributed by atoms with Gasteiger partial charge in [-0.1, -0.05) is 25.6 Å². The van der Waals surface area contributed by atoms with Gasteiger partial charge in [0.15, 0.2) is 0 Å². The number of carbonyl (C=O) groups is 2. The zero-order valence-corrected chi connectivity index (χ0v) is 16.6. The smallest absolute Gasteiger partial charge is 0.296 e. The van der Waals surface area contributed by atoms with Gasteiger partial charge in [0.2, 0.25) is 11.8 Å². The van der Waals surface area contributed by atoms with Crippen LogP contribution < -0.4 is 15.4 Å². The number of hydrogen-bond donors (Lipinski definition) is 2. The maximum atomic E-state index is 12.3. The van der Waals surface area contributed by atoms with Gasteiger partial charge in [0.1, 0.15) is 17.4 Å². The number of allylic oxidation sites excluding steroid dienone is 1. The van der Waals surface area contributed by atoms with Gasteiger partial charge in [-0.15, -0.1) is 0 Å². The number of ether oxygens (including phenoxy) is 1. The summed E-state index contributed by atoms with van der Waals surface area (Å²) in [7, 11) is 1.37. The Morgan fingerprint density at radius 1 is 1.45 bits per heavy atom. The second-order valence-corrected chi connectivity index (χ2v) is 7.55. The average molecular weight is 415 g/mol. The molecule has 0 saturated carbocycles. The van der Waals surface area contributed by atoms with Crippen LogP contribution >= 0.6 is 11.8 Å². The number of nitro groups is 1. The molecule has 1 heterocycles. The van der Waals surface area contributed by atoms with Gasteiger partial charge in [-0.2, -0.15) is 10.5 Å². The maximum absolute atomic E-state index is 12.3. The van der Waals surface area contributed by atoms with Gasteiger partial charge < -0.3 is 15.4 Å². The summed E-state index contributed by atoms with van der Waals surface area (Å²) in [5.41, 5.74) is -1.16. The number of thioether (sulfide) groups is 1. The van der Waals surface area contributed by atoms with E-state index in [4.69, 9.17) is 4.74 Å². The molecule has 1 aliphatic rings. The van der Waals surface area contributed by atoms with Crippen molar-refractivity contribution in [3.8, 4) is 17.9 Å². The van der Waals surface area contributed by atoms with Crippen LogP contribution in [0, 0.1) is 44.1 Å². The van der Waals surface area contributed by atoms with E-state index in [9.17, 15) is 30.2 Å². The predicted molar refractivity (Wildman–Crippen MR) is 104 cm³/mol. The van der Waals surface area contributed by atoms with Crippen LogP contribution in [-0.4, -0.2) is 29.6 Å². The lowest BCUT2D eigenvalue weighted by atomic mass is 9.72. The molecule has 0 bridgehead atoms. The number of amides is 2. The van der Waals surface area contributed by atoms with E-state index in [2.05, 4.69) is 10.6 Å².